The minimum absolute atomic E-state index is 0.0360. The summed E-state index contributed by atoms with van der Waals surface area (Å²) in [5, 5.41) is 5.40. The number of carbonyl (C=O) groups is 2. The molecule has 1 aliphatic heterocycles. The Kier molecular flexibility index (Phi) is 5.76. The third kappa shape index (κ3) is 4.46. The average Bonchev–Trinajstić information content (AvgIpc) is 3.11. The molecule has 0 fully saturated rings. The van der Waals surface area contributed by atoms with Gasteiger partial charge in [-0.25, -0.2) is 0 Å². The van der Waals surface area contributed by atoms with E-state index >= 15 is 0 Å². The molecule has 3 rings (SSSR count). The maximum absolute atomic E-state index is 12.2. The molecule has 2 aromatic carbocycles. The minimum atomic E-state index is -0.663. The maximum atomic E-state index is 12.2. The second-order valence-corrected chi connectivity index (χ2v) is 6.92. The Bertz CT molecular complexity index is 848. The summed E-state index contributed by atoms with van der Waals surface area (Å²) in [7, 11) is 3.90. The van der Waals surface area contributed by atoms with Crippen LogP contribution in [0.4, 0.5) is 5.69 Å². The van der Waals surface area contributed by atoms with Crippen molar-refractivity contribution in [1.29, 1.82) is 0 Å². The van der Waals surface area contributed by atoms with Gasteiger partial charge < -0.3 is 20.3 Å². The number of likely N-dealkylation sites (N-methyl/N-ethyl adjacent to an activating group) is 1. The molecular weight excluding hydrogens is 342 g/mol. The molecule has 0 aromatic heterocycles. The molecular formula is C21H25N3O3. The summed E-state index contributed by atoms with van der Waals surface area (Å²) in [4.78, 5) is 26.5. The first kappa shape index (κ1) is 18.9. The summed E-state index contributed by atoms with van der Waals surface area (Å²) in [6.45, 7) is 2.93. The molecule has 1 atom stereocenters. The largest absolute Gasteiger partial charge is 0.493 e. The van der Waals surface area contributed by atoms with E-state index in [9.17, 15) is 9.59 Å². The number of aryl methyl sites for hydroxylation is 1. The van der Waals surface area contributed by atoms with Gasteiger partial charge >= 0.3 is 11.8 Å². The van der Waals surface area contributed by atoms with E-state index in [0.29, 0.717) is 18.8 Å². The van der Waals surface area contributed by atoms with Crippen LogP contribution in [0.5, 0.6) is 5.75 Å². The number of nitrogens with zero attached hydrogens (tertiary/aromatic N) is 1. The zero-order valence-electron chi connectivity index (χ0n) is 15.9. The van der Waals surface area contributed by atoms with E-state index in [2.05, 4.69) is 16.7 Å². The van der Waals surface area contributed by atoms with Crippen LogP contribution in [0.2, 0.25) is 0 Å². The highest BCUT2D eigenvalue weighted by atomic mass is 16.5. The predicted octanol–water partition coefficient (Wildman–Crippen LogP) is 2.29. The monoisotopic (exact) mass is 367 g/mol. The van der Waals surface area contributed by atoms with Gasteiger partial charge in [0.15, 0.2) is 0 Å². The van der Waals surface area contributed by atoms with E-state index in [4.69, 9.17) is 4.74 Å². The first-order chi connectivity index (χ1) is 13.0. The lowest BCUT2D eigenvalue weighted by Gasteiger charge is -2.25. The zero-order valence-corrected chi connectivity index (χ0v) is 15.9. The average molecular weight is 367 g/mol. The highest BCUT2D eigenvalue weighted by molar-refractivity contribution is 6.39. The fourth-order valence-corrected chi connectivity index (χ4v) is 3.17. The number of hydrogen-bond acceptors (Lipinski definition) is 4. The van der Waals surface area contributed by atoms with Crippen LogP contribution < -0.4 is 15.4 Å². The number of ether oxygens (including phenoxy) is 1. The summed E-state index contributed by atoms with van der Waals surface area (Å²) in [6.07, 6.45) is 0.897. The van der Waals surface area contributed by atoms with E-state index in [1.165, 1.54) is 5.56 Å². The third-order valence-electron chi connectivity index (χ3n) is 4.78. The molecule has 0 spiro atoms. The van der Waals surface area contributed by atoms with E-state index < -0.39 is 11.8 Å². The lowest BCUT2D eigenvalue weighted by Crippen LogP contribution is -2.40. The summed E-state index contributed by atoms with van der Waals surface area (Å²) in [5.74, 6) is -0.378. The number of rotatable bonds is 5. The molecule has 0 aliphatic carbocycles. The summed E-state index contributed by atoms with van der Waals surface area (Å²) < 4.78 is 5.55. The molecule has 0 saturated heterocycles. The standard InChI is InChI=1S/C21H25N3O3/c1-14-6-4-5-7-17(14)23-21(26)20(25)22-13-18(24(2)3)15-8-9-19-16(12-15)10-11-27-19/h4-9,12,18H,10-11,13H2,1-3H3,(H,22,25)(H,23,26). The molecule has 1 aliphatic rings. The fraction of sp³-hybridized carbons (Fsp3) is 0.333. The molecule has 0 radical (unpaired) electrons. The topological polar surface area (TPSA) is 70.7 Å². The molecule has 1 heterocycles. The number of para-hydroxylation sites is 1. The van der Waals surface area contributed by atoms with Gasteiger partial charge in [0.2, 0.25) is 0 Å². The van der Waals surface area contributed by atoms with Crippen molar-refractivity contribution in [1.82, 2.24) is 10.2 Å². The molecule has 0 bridgehead atoms. The van der Waals surface area contributed by atoms with Crippen molar-refractivity contribution in [3.8, 4) is 5.75 Å². The van der Waals surface area contributed by atoms with Crippen molar-refractivity contribution in [2.75, 3.05) is 32.6 Å². The van der Waals surface area contributed by atoms with Crippen molar-refractivity contribution < 1.29 is 14.3 Å². The van der Waals surface area contributed by atoms with Crippen LogP contribution >= 0.6 is 0 Å². The van der Waals surface area contributed by atoms with E-state index in [-0.39, 0.29) is 6.04 Å². The third-order valence-corrected chi connectivity index (χ3v) is 4.78. The highest BCUT2D eigenvalue weighted by Crippen LogP contribution is 2.29. The zero-order chi connectivity index (χ0) is 19.4. The summed E-state index contributed by atoms with van der Waals surface area (Å²) in [5.41, 5.74) is 3.82. The second-order valence-electron chi connectivity index (χ2n) is 6.92. The smallest absolute Gasteiger partial charge is 0.313 e. The molecule has 2 N–H and O–H groups in total. The van der Waals surface area contributed by atoms with Crippen LogP contribution in [-0.2, 0) is 16.0 Å². The Morgan fingerprint density at radius 1 is 1.15 bits per heavy atom. The van der Waals surface area contributed by atoms with Gasteiger partial charge in [-0.1, -0.05) is 30.3 Å². The number of nitrogens with one attached hydrogen (secondary N) is 2. The maximum Gasteiger partial charge on any atom is 0.313 e. The van der Waals surface area contributed by atoms with Crippen molar-refractivity contribution in [2.45, 2.75) is 19.4 Å². The van der Waals surface area contributed by atoms with Crippen molar-refractivity contribution >= 4 is 17.5 Å². The number of fused-ring (bicyclic) bond motifs is 1. The molecule has 0 saturated carbocycles. The van der Waals surface area contributed by atoms with Crippen LogP contribution in [0.1, 0.15) is 22.7 Å². The van der Waals surface area contributed by atoms with Gasteiger partial charge in [-0.3, -0.25) is 9.59 Å². The van der Waals surface area contributed by atoms with Crippen LogP contribution in [-0.4, -0.2) is 44.0 Å². The van der Waals surface area contributed by atoms with Gasteiger partial charge in [-0.15, -0.1) is 0 Å². The Morgan fingerprint density at radius 2 is 1.93 bits per heavy atom. The summed E-state index contributed by atoms with van der Waals surface area (Å²) >= 11 is 0. The Labute approximate surface area is 159 Å². The molecule has 142 valence electrons. The molecule has 6 nitrogen and oxygen atoms in total. The Hall–Kier alpha value is -2.86. The van der Waals surface area contributed by atoms with Gasteiger partial charge in [0.1, 0.15) is 5.75 Å². The van der Waals surface area contributed by atoms with Crippen molar-refractivity contribution in [3.63, 3.8) is 0 Å². The fourth-order valence-electron chi connectivity index (χ4n) is 3.17. The van der Waals surface area contributed by atoms with E-state index in [1.807, 2.05) is 56.3 Å². The van der Waals surface area contributed by atoms with Gasteiger partial charge in [0.05, 0.1) is 12.6 Å². The number of anilines is 1. The van der Waals surface area contributed by atoms with Gasteiger partial charge in [0.25, 0.3) is 0 Å². The molecule has 2 aromatic rings. The first-order valence-electron chi connectivity index (χ1n) is 9.02. The lowest BCUT2D eigenvalue weighted by atomic mass is 10.0. The van der Waals surface area contributed by atoms with Crippen LogP contribution in [0.25, 0.3) is 0 Å². The van der Waals surface area contributed by atoms with Gasteiger partial charge in [-0.05, 0) is 49.8 Å². The first-order valence-corrected chi connectivity index (χ1v) is 9.02. The Morgan fingerprint density at radius 3 is 2.67 bits per heavy atom. The minimum Gasteiger partial charge on any atom is -0.493 e. The number of benzene rings is 2. The predicted molar refractivity (Wildman–Crippen MR) is 105 cm³/mol. The van der Waals surface area contributed by atoms with Crippen LogP contribution in [0.3, 0.4) is 0 Å². The SMILES string of the molecule is Cc1ccccc1NC(=O)C(=O)NCC(c1ccc2c(c1)CCO2)N(C)C. The molecule has 2 amide bonds. The van der Waals surface area contributed by atoms with Gasteiger partial charge in [-0.2, -0.15) is 0 Å². The molecule has 6 heteroatoms. The number of carbonyl (C=O) groups excluding carboxylic acids is 2. The quantitative estimate of drug-likeness (QED) is 0.796. The number of amides is 2. The van der Waals surface area contributed by atoms with E-state index in [1.54, 1.807) is 6.07 Å². The second kappa shape index (κ2) is 8.22. The number of hydrogen-bond donors (Lipinski definition) is 2. The Balaban J connectivity index is 1.63. The molecule has 1 unspecified atom stereocenters. The molecule has 27 heavy (non-hydrogen) atoms. The lowest BCUT2D eigenvalue weighted by molar-refractivity contribution is -0.136. The highest BCUT2D eigenvalue weighted by Gasteiger charge is 2.21. The van der Waals surface area contributed by atoms with Crippen LogP contribution in [0.15, 0.2) is 42.5 Å². The van der Waals surface area contributed by atoms with Crippen LogP contribution in [0, 0.1) is 6.92 Å². The van der Waals surface area contributed by atoms with E-state index in [0.717, 1.165) is 23.3 Å². The normalized spacial score (nSPS) is 13.6. The van der Waals surface area contributed by atoms with Gasteiger partial charge in [0, 0.05) is 18.7 Å². The van der Waals surface area contributed by atoms with Crippen molar-refractivity contribution in [2.24, 2.45) is 0 Å². The van der Waals surface area contributed by atoms with Crippen molar-refractivity contribution in [3.05, 3.63) is 59.2 Å². The summed E-state index contributed by atoms with van der Waals surface area (Å²) in [6, 6.07) is 13.4.